The summed E-state index contributed by atoms with van der Waals surface area (Å²) >= 11 is 0. The molecule has 3 nitrogen and oxygen atoms in total. The lowest BCUT2D eigenvalue weighted by Crippen LogP contribution is -2.22. The highest BCUT2D eigenvalue weighted by molar-refractivity contribution is 5.99. The normalized spacial score (nSPS) is 11.7. The Morgan fingerprint density at radius 2 is 1.85 bits per heavy atom. The van der Waals surface area contributed by atoms with Crippen LogP contribution in [0.25, 0.3) is 0 Å². The third-order valence-electron chi connectivity index (χ3n) is 1.48. The minimum absolute atomic E-state index is 0.181. The highest BCUT2D eigenvalue weighted by Gasteiger charge is 2.21. The SMILES string of the molecule is CCOC(=O)C(C=C(C)C)C(C)=O. The third kappa shape index (κ3) is 4.45. The summed E-state index contributed by atoms with van der Waals surface area (Å²) in [5.41, 5.74) is 0.938. The van der Waals surface area contributed by atoms with Gasteiger partial charge in [-0.25, -0.2) is 0 Å². The second kappa shape index (κ2) is 5.51. The van der Waals surface area contributed by atoms with Gasteiger partial charge < -0.3 is 4.74 Å². The van der Waals surface area contributed by atoms with Gasteiger partial charge in [-0.2, -0.15) is 0 Å². The molecule has 0 saturated carbocycles. The summed E-state index contributed by atoms with van der Waals surface area (Å²) < 4.78 is 4.76. The Morgan fingerprint density at radius 1 is 1.31 bits per heavy atom. The van der Waals surface area contributed by atoms with E-state index in [-0.39, 0.29) is 5.78 Å². The number of ether oxygens (including phenoxy) is 1. The molecular weight excluding hydrogens is 168 g/mol. The highest BCUT2D eigenvalue weighted by Crippen LogP contribution is 2.07. The summed E-state index contributed by atoms with van der Waals surface area (Å²) in [6.07, 6.45) is 1.63. The van der Waals surface area contributed by atoms with E-state index in [2.05, 4.69) is 0 Å². The van der Waals surface area contributed by atoms with Crippen LogP contribution in [0.2, 0.25) is 0 Å². The molecule has 3 heteroatoms. The van der Waals surface area contributed by atoms with Crippen molar-refractivity contribution in [2.75, 3.05) is 6.61 Å². The lowest BCUT2D eigenvalue weighted by Gasteiger charge is -2.08. The van der Waals surface area contributed by atoms with Gasteiger partial charge in [-0.3, -0.25) is 9.59 Å². The van der Waals surface area contributed by atoms with Gasteiger partial charge >= 0.3 is 5.97 Å². The fraction of sp³-hybridized carbons (Fsp3) is 0.600. The molecule has 0 radical (unpaired) electrons. The first-order valence-corrected chi connectivity index (χ1v) is 4.31. The maximum Gasteiger partial charge on any atom is 0.320 e. The van der Waals surface area contributed by atoms with Crippen LogP contribution in [0.1, 0.15) is 27.7 Å². The molecular formula is C10H16O3. The van der Waals surface area contributed by atoms with E-state index in [1.165, 1.54) is 6.92 Å². The molecule has 1 atom stereocenters. The van der Waals surface area contributed by atoms with E-state index in [1.54, 1.807) is 13.0 Å². The molecule has 0 heterocycles. The lowest BCUT2D eigenvalue weighted by molar-refractivity contribution is -0.149. The van der Waals surface area contributed by atoms with Gasteiger partial charge in [0.1, 0.15) is 11.7 Å². The van der Waals surface area contributed by atoms with Crippen LogP contribution in [0.15, 0.2) is 11.6 Å². The number of Topliss-reactive ketones (excluding diaryl/α,β-unsaturated/α-hetero) is 1. The van der Waals surface area contributed by atoms with Gasteiger partial charge in [0.25, 0.3) is 0 Å². The van der Waals surface area contributed by atoms with Crippen molar-refractivity contribution in [1.29, 1.82) is 0 Å². The molecule has 0 aromatic rings. The Hall–Kier alpha value is -1.12. The van der Waals surface area contributed by atoms with Crippen molar-refractivity contribution >= 4 is 11.8 Å². The van der Waals surface area contributed by atoms with Gasteiger partial charge in [-0.15, -0.1) is 0 Å². The van der Waals surface area contributed by atoms with Gasteiger partial charge in [0, 0.05) is 0 Å². The van der Waals surface area contributed by atoms with Crippen molar-refractivity contribution in [3.05, 3.63) is 11.6 Å². The van der Waals surface area contributed by atoms with E-state index in [0.717, 1.165) is 5.57 Å². The van der Waals surface area contributed by atoms with Crippen LogP contribution in [-0.2, 0) is 14.3 Å². The van der Waals surface area contributed by atoms with Crippen molar-refractivity contribution < 1.29 is 14.3 Å². The smallest absolute Gasteiger partial charge is 0.320 e. The summed E-state index contributed by atoms with van der Waals surface area (Å²) in [4.78, 5) is 22.3. The van der Waals surface area contributed by atoms with Crippen molar-refractivity contribution in [2.24, 2.45) is 5.92 Å². The maximum atomic E-state index is 11.2. The number of hydrogen-bond acceptors (Lipinski definition) is 3. The molecule has 0 N–H and O–H groups in total. The van der Waals surface area contributed by atoms with Crippen LogP contribution in [0.4, 0.5) is 0 Å². The van der Waals surface area contributed by atoms with E-state index in [9.17, 15) is 9.59 Å². The molecule has 0 aliphatic carbocycles. The molecule has 74 valence electrons. The molecule has 13 heavy (non-hydrogen) atoms. The molecule has 0 aliphatic heterocycles. The van der Waals surface area contributed by atoms with Crippen LogP contribution in [0.3, 0.4) is 0 Å². The lowest BCUT2D eigenvalue weighted by atomic mass is 10.0. The minimum atomic E-state index is -0.732. The fourth-order valence-corrected chi connectivity index (χ4v) is 0.917. The van der Waals surface area contributed by atoms with E-state index in [4.69, 9.17) is 4.74 Å². The molecule has 0 spiro atoms. The molecule has 0 aromatic heterocycles. The first-order chi connectivity index (χ1) is 5.99. The molecule has 0 fully saturated rings. The monoisotopic (exact) mass is 184 g/mol. The summed E-state index contributed by atoms with van der Waals surface area (Å²) in [6.45, 7) is 7.10. The summed E-state index contributed by atoms with van der Waals surface area (Å²) in [7, 11) is 0. The number of ketones is 1. The number of esters is 1. The Morgan fingerprint density at radius 3 is 2.15 bits per heavy atom. The second-order valence-corrected chi connectivity index (χ2v) is 3.08. The molecule has 0 rings (SSSR count). The Labute approximate surface area is 78.8 Å². The van der Waals surface area contributed by atoms with Gasteiger partial charge in [0.05, 0.1) is 6.61 Å². The Bertz CT molecular complexity index is 224. The van der Waals surface area contributed by atoms with Gasteiger partial charge in [-0.05, 0) is 27.7 Å². The number of carbonyl (C=O) groups excluding carboxylic acids is 2. The summed E-state index contributed by atoms with van der Waals surface area (Å²) in [6, 6.07) is 0. The highest BCUT2D eigenvalue weighted by atomic mass is 16.5. The summed E-state index contributed by atoms with van der Waals surface area (Å²) in [5.74, 6) is -1.37. The fourth-order valence-electron chi connectivity index (χ4n) is 0.917. The first-order valence-electron chi connectivity index (χ1n) is 4.31. The van der Waals surface area contributed by atoms with Crippen LogP contribution in [0.5, 0.6) is 0 Å². The van der Waals surface area contributed by atoms with Crippen molar-refractivity contribution in [1.82, 2.24) is 0 Å². The molecule has 0 amide bonds. The predicted octanol–water partition coefficient (Wildman–Crippen LogP) is 1.72. The Balaban J connectivity index is 4.52. The summed E-state index contributed by atoms with van der Waals surface area (Å²) in [5, 5.41) is 0. The standard InChI is InChI=1S/C10H16O3/c1-5-13-10(12)9(8(4)11)6-7(2)3/h6,9H,5H2,1-4H3. The molecule has 1 unspecified atom stereocenters. The van der Waals surface area contributed by atoms with Gasteiger partial charge in [0.15, 0.2) is 0 Å². The maximum absolute atomic E-state index is 11.2. The second-order valence-electron chi connectivity index (χ2n) is 3.08. The first kappa shape index (κ1) is 11.9. The largest absolute Gasteiger partial charge is 0.465 e. The average molecular weight is 184 g/mol. The van der Waals surface area contributed by atoms with Crippen LogP contribution >= 0.6 is 0 Å². The predicted molar refractivity (Wildman–Crippen MR) is 50.2 cm³/mol. The Kier molecular flexibility index (Phi) is 5.04. The van der Waals surface area contributed by atoms with Gasteiger partial charge in [0.2, 0.25) is 0 Å². The van der Waals surface area contributed by atoms with E-state index in [0.29, 0.717) is 6.61 Å². The molecule has 0 aromatic carbocycles. The zero-order valence-electron chi connectivity index (χ0n) is 8.59. The number of rotatable bonds is 4. The third-order valence-corrected chi connectivity index (χ3v) is 1.48. The topological polar surface area (TPSA) is 43.4 Å². The number of carbonyl (C=O) groups is 2. The minimum Gasteiger partial charge on any atom is -0.465 e. The van der Waals surface area contributed by atoms with E-state index < -0.39 is 11.9 Å². The average Bonchev–Trinajstić information content (AvgIpc) is 1.99. The molecule has 0 aliphatic rings. The van der Waals surface area contributed by atoms with Gasteiger partial charge in [-0.1, -0.05) is 11.6 Å². The number of allylic oxidation sites excluding steroid dienone is 1. The zero-order chi connectivity index (χ0) is 10.4. The molecule has 0 saturated heterocycles. The van der Waals surface area contributed by atoms with Crippen molar-refractivity contribution in [2.45, 2.75) is 27.7 Å². The van der Waals surface area contributed by atoms with Crippen molar-refractivity contribution in [3.63, 3.8) is 0 Å². The van der Waals surface area contributed by atoms with Crippen molar-refractivity contribution in [3.8, 4) is 0 Å². The number of hydrogen-bond donors (Lipinski definition) is 0. The van der Waals surface area contributed by atoms with E-state index in [1.807, 2.05) is 13.8 Å². The van der Waals surface area contributed by atoms with Crippen LogP contribution in [0, 0.1) is 5.92 Å². The zero-order valence-corrected chi connectivity index (χ0v) is 8.59. The van der Waals surface area contributed by atoms with Crippen LogP contribution < -0.4 is 0 Å². The molecule has 0 bridgehead atoms. The van der Waals surface area contributed by atoms with Crippen LogP contribution in [-0.4, -0.2) is 18.4 Å². The van der Waals surface area contributed by atoms with E-state index >= 15 is 0 Å². The quantitative estimate of drug-likeness (QED) is 0.379.